The molecule has 0 amide bonds. The summed E-state index contributed by atoms with van der Waals surface area (Å²) in [5.74, 6) is 0. The largest absolute Gasteiger partial charge is 0.905 e. The Balaban J connectivity index is 0. The summed E-state index contributed by atoms with van der Waals surface area (Å²) in [4.78, 5) is 0. The van der Waals surface area contributed by atoms with Crippen molar-refractivity contribution in [2.24, 2.45) is 0 Å². The Kier molecular flexibility index (Phi) is 22.1. The van der Waals surface area contributed by atoms with Gasteiger partial charge in [0.05, 0.1) is 0 Å². The van der Waals surface area contributed by atoms with E-state index in [2.05, 4.69) is 20.8 Å². The first-order valence-corrected chi connectivity index (χ1v) is 11.6. The third kappa shape index (κ3) is 17.8. The molecule has 3 unspecified atom stereocenters. The molecule has 8 heteroatoms. The van der Waals surface area contributed by atoms with Crippen LogP contribution in [0.3, 0.4) is 0 Å². The van der Waals surface area contributed by atoms with E-state index in [1.54, 1.807) is 0 Å². The maximum atomic E-state index is 5.57. The van der Waals surface area contributed by atoms with Crippen molar-refractivity contribution >= 4 is 22.5 Å². The van der Waals surface area contributed by atoms with Gasteiger partial charge in [0.15, 0.2) is 0 Å². The lowest BCUT2D eigenvalue weighted by atomic mass is 10.1. The molecular weight excluding hydrogens is 350 g/mol. The molecule has 3 atom stereocenters. The van der Waals surface area contributed by atoms with Crippen molar-refractivity contribution in [2.75, 3.05) is 19.8 Å². The highest BCUT2D eigenvalue weighted by atomic mass is 27.3. The third-order valence-corrected chi connectivity index (χ3v) is 5.56. The highest BCUT2D eigenvalue weighted by molar-refractivity contribution is 6.36. The second-order valence-corrected chi connectivity index (χ2v) is 7.52. The van der Waals surface area contributed by atoms with Crippen LogP contribution in [0.5, 0.6) is 0 Å². The van der Waals surface area contributed by atoms with E-state index in [0.29, 0.717) is 19.8 Å². The van der Waals surface area contributed by atoms with Gasteiger partial charge in [-0.15, -0.1) is 0 Å². The van der Waals surface area contributed by atoms with Crippen LogP contribution >= 0.6 is 0 Å². The molecule has 0 aliphatic rings. The molecule has 0 spiro atoms. The zero-order chi connectivity index (χ0) is 20.4. The molecule has 6 nitrogen and oxygen atoms in total. The summed E-state index contributed by atoms with van der Waals surface area (Å²) >= 11 is -1.81. The van der Waals surface area contributed by atoms with E-state index in [4.69, 9.17) is 25.3 Å². The van der Waals surface area contributed by atoms with Crippen molar-refractivity contribution < 1.29 is 25.3 Å². The molecule has 0 fully saturated rings. The van der Waals surface area contributed by atoms with Crippen LogP contribution < -0.4 is 0 Å². The van der Waals surface area contributed by atoms with Crippen LogP contribution in [0.4, 0.5) is 0 Å². The second-order valence-electron chi connectivity index (χ2n) is 6.01. The van der Waals surface area contributed by atoms with Gasteiger partial charge in [0.1, 0.15) is 0 Å². The normalized spacial score (nSPS) is 14.2. The van der Waals surface area contributed by atoms with Gasteiger partial charge in [-0.05, 0) is 60.8 Å². The van der Waals surface area contributed by atoms with E-state index in [9.17, 15) is 0 Å². The number of hydrogen-bond acceptors (Lipinski definition) is 6. The van der Waals surface area contributed by atoms with Crippen LogP contribution in [0.25, 0.3) is 0 Å². The van der Waals surface area contributed by atoms with Crippen LogP contribution in [0.2, 0.25) is 0 Å². The smallest absolute Gasteiger partial charge is 0.455 e. The molecule has 0 aliphatic carbocycles. The fourth-order valence-electron chi connectivity index (χ4n) is 1.50. The summed E-state index contributed by atoms with van der Waals surface area (Å²) in [6.45, 7) is 20.1. The predicted molar refractivity (Wildman–Crippen MR) is 109 cm³/mol. The quantitative estimate of drug-likeness (QED) is 0.383. The molecule has 0 N–H and O–H groups in total. The molecule has 0 bridgehead atoms. The zero-order valence-corrected chi connectivity index (χ0v) is 19.7. The molecule has 0 aromatic heterocycles. The summed E-state index contributed by atoms with van der Waals surface area (Å²) in [5, 5.41) is 0. The first-order valence-electron chi connectivity index (χ1n) is 10.2. The lowest BCUT2D eigenvalue weighted by Gasteiger charge is -2.20. The molecular formula is C18H42AlBO6. The lowest BCUT2D eigenvalue weighted by Crippen LogP contribution is -2.34. The van der Waals surface area contributed by atoms with E-state index in [0.717, 1.165) is 19.3 Å². The Morgan fingerprint density at radius 3 is 1.38 bits per heavy atom. The first kappa shape index (κ1) is 28.6. The van der Waals surface area contributed by atoms with Gasteiger partial charge >= 0.3 is 22.5 Å². The Morgan fingerprint density at radius 2 is 1.08 bits per heavy atom. The minimum atomic E-state index is -1.81. The molecule has 0 heterocycles. The van der Waals surface area contributed by atoms with Crippen LogP contribution in [0, 0.1) is 0 Å². The fourth-order valence-corrected chi connectivity index (χ4v) is 2.87. The Hall–Kier alpha value is 0.357. The van der Waals surface area contributed by atoms with Crippen molar-refractivity contribution in [1.82, 2.24) is 0 Å². The molecule has 156 valence electrons. The van der Waals surface area contributed by atoms with E-state index >= 15 is 0 Å². The van der Waals surface area contributed by atoms with E-state index in [1.165, 1.54) is 0 Å². The van der Waals surface area contributed by atoms with Gasteiger partial charge in [-0.25, -0.2) is 0 Å². The molecule has 26 heavy (non-hydrogen) atoms. The number of rotatable bonds is 15. The molecule has 0 saturated heterocycles. The van der Waals surface area contributed by atoms with Crippen molar-refractivity contribution in [2.45, 2.75) is 99.9 Å². The second kappa shape index (κ2) is 20.1. The molecule has 0 aliphatic heterocycles. The Bertz CT molecular complexity index is 270. The number of hydrogen-bond donors (Lipinski definition) is 0. The van der Waals surface area contributed by atoms with Gasteiger partial charge in [0, 0.05) is 38.1 Å². The molecule has 0 saturated carbocycles. The van der Waals surface area contributed by atoms with E-state index in [-0.39, 0.29) is 18.3 Å². The molecule has 0 radical (unpaired) electrons. The van der Waals surface area contributed by atoms with Crippen LogP contribution in [0.1, 0.15) is 81.6 Å². The van der Waals surface area contributed by atoms with Crippen molar-refractivity contribution in [3.05, 3.63) is 0 Å². The zero-order valence-electron chi connectivity index (χ0n) is 18.6. The standard InChI is InChI=1S/C10H23BO3.C4H9O.2C2H5O.Al/c1-6-9(4)13-11(12-8-3)14-10(5)7-2;1-3-4(2)5;2*1-2-3;/h9-10H,6-8H2,1-5H3;4H,3H2,1-2H3;2*2H2,1H3;/q;3*-1;+3. The van der Waals surface area contributed by atoms with Gasteiger partial charge in [-0.1, -0.05) is 20.8 Å². The topological polar surface area (TPSA) is 55.4 Å². The Morgan fingerprint density at radius 1 is 0.654 bits per heavy atom. The maximum Gasteiger partial charge on any atom is 0.905 e. The minimum absolute atomic E-state index is 0.176. The Labute approximate surface area is 167 Å². The lowest BCUT2D eigenvalue weighted by molar-refractivity contribution is 0.0409. The van der Waals surface area contributed by atoms with Crippen molar-refractivity contribution in [3.63, 3.8) is 0 Å². The van der Waals surface area contributed by atoms with Gasteiger partial charge in [-0.2, -0.15) is 0 Å². The van der Waals surface area contributed by atoms with Crippen molar-refractivity contribution in [3.8, 4) is 0 Å². The van der Waals surface area contributed by atoms with Crippen LogP contribution in [-0.4, -0.2) is 60.6 Å². The average Bonchev–Trinajstić information content (AvgIpc) is 2.62. The average molecular weight is 392 g/mol. The van der Waals surface area contributed by atoms with Crippen LogP contribution in [0.15, 0.2) is 0 Å². The highest BCUT2D eigenvalue weighted by Gasteiger charge is 2.31. The molecule has 0 aromatic carbocycles. The molecule has 0 aromatic rings. The third-order valence-electron chi connectivity index (χ3n) is 3.66. The van der Waals surface area contributed by atoms with E-state index in [1.807, 2.05) is 41.5 Å². The first-order chi connectivity index (χ1) is 12.4. The van der Waals surface area contributed by atoms with Gasteiger partial charge < -0.3 is 25.3 Å². The summed E-state index contributed by atoms with van der Waals surface area (Å²) in [6, 6.07) is 0. The van der Waals surface area contributed by atoms with E-state index < -0.39 is 22.5 Å². The van der Waals surface area contributed by atoms with Crippen molar-refractivity contribution in [1.29, 1.82) is 0 Å². The SMILES string of the molecule is CCOB(OC(C)CC)OC(C)CC.CC[O][Al]([O]CC)[O]C(C)CC. The predicted octanol–water partition coefficient (Wildman–Crippen LogP) is 4.50. The van der Waals surface area contributed by atoms with Crippen LogP contribution in [-0.2, 0) is 25.3 Å². The summed E-state index contributed by atoms with van der Waals surface area (Å²) in [7, 11) is -0.509. The monoisotopic (exact) mass is 392 g/mol. The summed E-state index contributed by atoms with van der Waals surface area (Å²) < 4.78 is 32.8. The van der Waals surface area contributed by atoms with Gasteiger partial charge in [0.25, 0.3) is 0 Å². The summed E-state index contributed by atoms with van der Waals surface area (Å²) in [6.07, 6.45) is 3.54. The fraction of sp³-hybridized carbons (Fsp3) is 1.00. The minimum Gasteiger partial charge on any atom is -0.455 e. The molecule has 0 rings (SSSR count). The highest BCUT2D eigenvalue weighted by Crippen LogP contribution is 2.06. The van der Waals surface area contributed by atoms with Gasteiger partial charge in [0.2, 0.25) is 0 Å². The summed E-state index contributed by atoms with van der Waals surface area (Å²) in [5.41, 5.74) is 0. The maximum absolute atomic E-state index is 5.57. The van der Waals surface area contributed by atoms with Gasteiger partial charge in [-0.3, -0.25) is 0 Å².